The van der Waals surface area contributed by atoms with Crippen LogP contribution in [0.15, 0.2) is 33.7 Å². The summed E-state index contributed by atoms with van der Waals surface area (Å²) in [4.78, 5) is 0.407. The van der Waals surface area contributed by atoms with Crippen LogP contribution in [-0.2, 0) is 34.9 Å². The highest BCUT2D eigenvalue weighted by molar-refractivity contribution is 7.90. The number of nitrogens with zero attached hydrogens (tertiary/aromatic N) is 1. The quantitative estimate of drug-likeness (QED) is 0.841. The predicted molar refractivity (Wildman–Crippen MR) is 86.9 cm³/mol. The van der Waals surface area contributed by atoms with Crippen LogP contribution in [0.5, 0.6) is 0 Å². The van der Waals surface area contributed by atoms with Crippen LogP contribution in [0.25, 0.3) is 0 Å². The van der Waals surface area contributed by atoms with E-state index in [4.69, 9.17) is 4.52 Å². The van der Waals surface area contributed by atoms with E-state index in [2.05, 4.69) is 5.16 Å². The van der Waals surface area contributed by atoms with E-state index in [1.54, 1.807) is 12.1 Å². The van der Waals surface area contributed by atoms with Crippen LogP contribution in [0.4, 0.5) is 0 Å². The molecule has 4 nitrogen and oxygen atoms in total. The van der Waals surface area contributed by atoms with Gasteiger partial charge in [0.15, 0.2) is 9.84 Å². The first-order valence-electron chi connectivity index (χ1n) is 8.39. The summed E-state index contributed by atoms with van der Waals surface area (Å²) in [6.07, 6.45) is 7.74. The Hall–Kier alpha value is -1.62. The van der Waals surface area contributed by atoms with Crippen molar-refractivity contribution in [2.24, 2.45) is 5.92 Å². The minimum absolute atomic E-state index is 0.0834. The van der Waals surface area contributed by atoms with Gasteiger partial charge in [0.25, 0.3) is 0 Å². The SMILES string of the molecule is O=S(=O)(Cc1cc(CC2CC2)on1)c1ccc2c(c1)CCCC2. The van der Waals surface area contributed by atoms with Crippen LogP contribution in [0.3, 0.4) is 0 Å². The number of aryl methyl sites for hydroxylation is 2. The monoisotopic (exact) mass is 331 g/mol. The fourth-order valence-corrected chi connectivity index (χ4v) is 4.60. The Kier molecular flexibility index (Phi) is 3.76. The van der Waals surface area contributed by atoms with Crippen molar-refractivity contribution in [2.75, 3.05) is 0 Å². The third-order valence-electron chi connectivity index (χ3n) is 4.81. The number of fused-ring (bicyclic) bond motifs is 1. The molecule has 5 heteroatoms. The van der Waals surface area contributed by atoms with E-state index in [1.165, 1.54) is 30.4 Å². The zero-order chi connectivity index (χ0) is 15.9. The van der Waals surface area contributed by atoms with Crippen molar-refractivity contribution >= 4 is 9.84 Å². The van der Waals surface area contributed by atoms with Crippen molar-refractivity contribution in [3.63, 3.8) is 0 Å². The molecule has 2 aliphatic rings. The molecule has 4 rings (SSSR count). The van der Waals surface area contributed by atoms with Crippen molar-refractivity contribution in [1.82, 2.24) is 5.16 Å². The molecular formula is C18H21NO3S. The number of hydrogen-bond donors (Lipinski definition) is 0. The van der Waals surface area contributed by atoms with Crippen molar-refractivity contribution in [3.05, 3.63) is 46.8 Å². The molecule has 0 atom stereocenters. The van der Waals surface area contributed by atoms with Gasteiger partial charge in [0.2, 0.25) is 0 Å². The summed E-state index contributed by atoms with van der Waals surface area (Å²) in [5.41, 5.74) is 2.99. The molecule has 0 aliphatic heterocycles. The fourth-order valence-electron chi connectivity index (χ4n) is 3.31. The smallest absolute Gasteiger partial charge is 0.184 e. The average molecular weight is 331 g/mol. The van der Waals surface area contributed by atoms with Crippen molar-refractivity contribution in [3.8, 4) is 0 Å². The van der Waals surface area contributed by atoms with Crippen LogP contribution in [-0.4, -0.2) is 13.6 Å². The van der Waals surface area contributed by atoms with E-state index in [0.29, 0.717) is 16.5 Å². The minimum atomic E-state index is -3.37. The molecule has 122 valence electrons. The summed E-state index contributed by atoms with van der Waals surface area (Å²) in [7, 11) is -3.37. The Labute approximate surface area is 136 Å². The number of hydrogen-bond acceptors (Lipinski definition) is 4. The molecule has 1 aromatic carbocycles. The molecule has 1 fully saturated rings. The maximum Gasteiger partial charge on any atom is 0.184 e. The maximum atomic E-state index is 12.6. The van der Waals surface area contributed by atoms with Gasteiger partial charge in [0, 0.05) is 12.5 Å². The number of rotatable bonds is 5. The van der Waals surface area contributed by atoms with Crippen LogP contribution < -0.4 is 0 Å². The summed E-state index contributed by atoms with van der Waals surface area (Å²) in [6, 6.07) is 7.37. The lowest BCUT2D eigenvalue weighted by Crippen LogP contribution is -2.08. The summed E-state index contributed by atoms with van der Waals surface area (Å²) in [5.74, 6) is 1.43. The highest BCUT2D eigenvalue weighted by atomic mass is 32.2. The van der Waals surface area contributed by atoms with Gasteiger partial charge in [-0.2, -0.15) is 0 Å². The second-order valence-corrected chi connectivity index (χ2v) is 8.82. The molecule has 0 spiro atoms. The summed E-state index contributed by atoms with van der Waals surface area (Å²) in [6.45, 7) is 0. The van der Waals surface area contributed by atoms with Gasteiger partial charge in [-0.3, -0.25) is 0 Å². The molecule has 0 unspecified atom stereocenters. The van der Waals surface area contributed by atoms with Crippen molar-refractivity contribution in [1.29, 1.82) is 0 Å². The zero-order valence-corrected chi connectivity index (χ0v) is 13.9. The summed E-state index contributed by atoms with van der Waals surface area (Å²) < 4.78 is 30.6. The molecule has 23 heavy (non-hydrogen) atoms. The highest BCUT2D eigenvalue weighted by Gasteiger charge is 2.25. The Balaban J connectivity index is 1.53. The minimum Gasteiger partial charge on any atom is -0.361 e. The largest absolute Gasteiger partial charge is 0.361 e. The highest BCUT2D eigenvalue weighted by Crippen LogP contribution is 2.33. The van der Waals surface area contributed by atoms with Crippen LogP contribution in [0, 0.1) is 5.92 Å². The van der Waals surface area contributed by atoms with E-state index in [1.807, 2.05) is 12.1 Å². The van der Waals surface area contributed by atoms with Gasteiger partial charge in [0.05, 0.1) is 10.6 Å². The van der Waals surface area contributed by atoms with E-state index in [0.717, 1.165) is 31.4 Å². The number of sulfone groups is 1. The van der Waals surface area contributed by atoms with Gasteiger partial charge < -0.3 is 4.52 Å². The number of benzene rings is 1. The molecule has 1 aromatic heterocycles. The van der Waals surface area contributed by atoms with E-state index in [9.17, 15) is 8.42 Å². The molecule has 2 aliphatic carbocycles. The van der Waals surface area contributed by atoms with Crippen LogP contribution in [0.2, 0.25) is 0 Å². The van der Waals surface area contributed by atoms with Crippen LogP contribution >= 0.6 is 0 Å². The van der Waals surface area contributed by atoms with E-state index in [-0.39, 0.29) is 5.75 Å². The third kappa shape index (κ3) is 3.34. The Bertz CT molecular complexity index is 819. The molecule has 0 amide bonds. The second kappa shape index (κ2) is 5.78. The second-order valence-electron chi connectivity index (χ2n) is 6.83. The topological polar surface area (TPSA) is 60.2 Å². The van der Waals surface area contributed by atoms with E-state index < -0.39 is 9.84 Å². The normalized spacial score (nSPS) is 17.9. The molecule has 0 bridgehead atoms. The lowest BCUT2D eigenvalue weighted by atomic mass is 9.92. The first kappa shape index (κ1) is 14.9. The van der Waals surface area contributed by atoms with E-state index >= 15 is 0 Å². The Morgan fingerprint density at radius 1 is 1.09 bits per heavy atom. The van der Waals surface area contributed by atoms with Crippen LogP contribution in [0.1, 0.15) is 48.3 Å². The standard InChI is InChI=1S/C18H21NO3S/c20-23(21,12-16-11-17(22-19-16)9-13-5-6-13)18-8-7-14-3-1-2-4-15(14)10-18/h7-8,10-11,13H,1-6,9,12H2. The predicted octanol–water partition coefficient (Wildman–Crippen LogP) is 3.48. The number of aromatic nitrogens is 1. The molecule has 0 radical (unpaired) electrons. The first-order valence-corrected chi connectivity index (χ1v) is 10.0. The summed E-state index contributed by atoms with van der Waals surface area (Å²) >= 11 is 0. The summed E-state index contributed by atoms with van der Waals surface area (Å²) in [5, 5.41) is 3.94. The molecule has 1 saturated carbocycles. The molecule has 1 heterocycles. The molecule has 0 N–H and O–H groups in total. The van der Waals surface area contributed by atoms with Gasteiger partial charge in [-0.05, 0) is 67.7 Å². The molecule has 0 saturated heterocycles. The Morgan fingerprint density at radius 2 is 1.87 bits per heavy atom. The molecular weight excluding hydrogens is 310 g/mol. The molecule has 2 aromatic rings. The fraction of sp³-hybridized carbons (Fsp3) is 0.500. The first-order chi connectivity index (χ1) is 11.1. The lowest BCUT2D eigenvalue weighted by Gasteiger charge is -2.16. The average Bonchev–Trinajstić information content (AvgIpc) is 3.25. The Morgan fingerprint density at radius 3 is 2.65 bits per heavy atom. The van der Waals surface area contributed by atoms with Gasteiger partial charge in [-0.1, -0.05) is 11.2 Å². The van der Waals surface area contributed by atoms with Gasteiger partial charge in [0.1, 0.15) is 11.5 Å². The van der Waals surface area contributed by atoms with Gasteiger partial charge in [-0.15, -0.1) is 0 Å². The maximum absolute atomic E-state index is 12.6. The van der Waals surface area contributed by atoms with Crippen molar-refractivity contribution in [2.45, 2.75) is 55.6 Å². The van der Waals surface area contributed by atoms with Crippen molar-refractivity contribution < 1.29 is 12.9 Å². The third-order valence-corrected chi connectivity index (χ3v) is 6.46. The zero-order valence-electron chi connectivity index (χ0n) is 13.1. The lowest BCUT2D eigenvalue weighted by molar-refractivity contribution is 0.374. The van der Waals surface area contributed by atoms with Gasteiger partial charge >= 0.3 is 0 Å². The van der Waals surface area contributed by atoms with Gasteiger partial charge in [-0.25, -0.2) is 8.42 Å².